The Morgan fingerprint density at radius 2 is 2.00 bits per heavy atom. The Balaban J connectivity index is 2.06. The number of carbonyl (C=O) groups is 1. The Labute approximate surface area is 122 Å². The van der Waals surface area contributed by atoms with Crippen LogP contribution in [-0.4, -0.2) is 23.4 Å². The van der Waals surface area contributed by atoms with E-state index in [4.69, 9.17) is 5.73 Å². The number of carbonyl (C=O) groups excluding carboxylic acids is 1. The normalized spacial score (nSPS) is 21.0. The van der Waals surface area contributed by atoms with Gasteiger partial charge in [-0.05, 0) is 23.8 Å². The van der Waals surface area contributed by atoms with E-state index in [9.17, 15) is 4.79 Å². The average Bonchev–Trinajstić information content (AvgIpc) is 2.87. The van der Waals surface area contributed by atoms with Gasteiger partial charge in [-0.1, -0.05) is 51.1 Å². The van der Waals surface area contributed by atoms with E-state index in [2.05, 4.69) is 32.9 Å². The van der Waals surface area contributed by atoms with Crippen LogP contribution in [0.15, 0.2) is 30.3 Å². The highest BCUT2D eigenvalue weighted by molar-refractivity contribution is 5.77. The molecule has 1 heterocycles. The van der Waals surface area contributed by atoms with Crippen LogP contribution in [0.25, 0.3) is 0 Å². The van der Waals surface area contributed by atoms with Crippen LogP contribution in [0.3, 0.4) is 0 Å². The fourth-order valence-electron chi connectivity index (χ4n) is 2.70. The Morgan fingerprint density at radius 3 is 2.60 bits per heavy atom. The van der Waals surface area contributed by atoms with Gasteiger partial charge < -0.3 is 10.6 Å². The molecule has 0 saturated carbocycles. The molecule has 1 aliphatic heterocycles. The Bertz CT molecular complexity index is 450. The van der Waals surface area contributed by atoms with Gasteiger partial charge in [0.05, 0.1) is 6.04 Å². The number of benzene rings is 1. The highest BCUT2D eigenvalue weighted by Gasteiger charge is 2.32. The smallest absolute Gasteiger partial charge is 0.224 e. The summed E-state index contributed by atoms with van der Waals surface area (Å²) in [6.07, 6.45) is 2.57. The summed E-state index contributed by atoms with van der Waals surface area (Å²) >= 11 is 0. The van der Waals surface area contributed by atoms with E-state index >= 15 is 0 Å². The molecule has 1 aromatic carbocycles. The summed E-state index contributed by atoms with van der Waals surface area (Å²) in [6.45, 7) is 7.12. The molecule has 1 aliphatic rings. The molecule has 2 unspecified atom stereocenters. The van der Waals surface area contributed by atoms with Crippen LogP contribution < -0.4 is 5.73 Å². The van der Waals surface area contributed by atoms with E-state index in [1.165, 1.54) is 5.56 Å². The summed E-state index contributed by atoms with van der Waals surface area (Å²) in [5.74, 6) is 0.193. The minimum absolute atomic E-state index is 0.0301. The molecular formula is C17H26N2O. The van der Waals surface area contributed by atoms with Crippen molar-refractivity contribution in [3.8, 4) is 0 Å². The first-order chi connectivity index (χ1) is 9.39. The number of rotatable bonds is 3. The highest BCUT2D eigenvalue weighted by Crippen LogP contribution is 2.33. The zero-order valence-electron chi connectivity index (χ0n) is 12.8. The molecule has 2 atom stereocenters. The molecule has 110 valence electrons. The minimum atomic E-state index is -0.0907. The number of nitrogens with two attached hydrogens (primary N) is 1. The quantitative estimate of drug-likeness (QED) is 0.920. The molecule has 20 heavy (non-hydrogen) atoms. The number of hydrogen-bond acceptors (Lipinski definition) is 2. The van der Waals surface area contributed by atoms with Crippen LogP contribution in [0.2, 0.25) is 0 Å². The summed E-state index contributed by atoms with van der Waals surface area (Å²) in [6, 6.07) is 10.5. The van der Waals surface area contributed by atoms with Gasteiger partial charge >= 0.3 is 0 Å². The Hall–Kier alpha value is -1.35. The number of amides is 1. The molecule has 1 fully saturated rings. The Morgan fingerprint density at radius 1 is 1.35 bits per heavy atom. The molecule has 0 bridgehead atoms. The van der Waals surface area contributed by atoms with Gasteiger partial charge in [0.1, 0.15) is 0 Å². The first-order valence-electron chi connectivity index (χ1n) is 7.49. The van der Waals surface area contributed by atoms with E-state index in [0.29, 0.717) is 6.42 Å². The number of nitrogens with zero attached hydrogens (tertiary/aromatic N) is 1. The summed E-state index contributed by atoms with van der Waals surface area (Å²) < 4.78 is 0. The topological polar surface area (TPSA) is 46.3 Å². The maximum absolute atomic E-state index is 12.5. The zero-order chi connectivity index (χ0) is 14.8. The zero-order valence-corrected chi connectivity index (χ0v) is 12.8. The van der Waals surface area contributed by atoms with Crippen molar-refractivity contribution in [3.05, 3.63) is 35.9 Å². The molecular weight excluding hydrogens is 248 g/mol. The van der Waals surface area contributed by atoms with E-state index in [0.717, 1.165) is 19.4 Å². The van der Waals surface area contributed by atoms with Gasteiger partial charge in [-0.15, -0.1) is 0 Å². The molecule has 2 N–H and O–H groups in total. The largest absolute Gasteiger partial charge is 0.336 e. The van der Waals surface area contributed by atoms with Crippen LogP contribution in [-0.2, 0) is 4.79 Å². The summed E-state index contributed by atoms with van der Waals surface area (Å²) in [5.41, 5.74) is 7.36. The summed E-state index contributed by atoms with van der Waals surface area (Å²) in [5, 5.41) is 0. The van der Waals surface area contributed by atoms with Crippen molar-refractivity contribution >= 4 is 5.91 Å². The lowest BCUT2D eigenvalue weighted by molar-refractivity contribution is -0.133. The van der Waals surface area contributed by atoms with Gasteiger partial charge in [0.25, 0.3) is 0 Å². The fourth-order valence-corrected chi connectivity index (χ4v) is 2.70. The van der Waals surface area contributed by atoms with Crippen molar-refractivity contribution < 1.29 is 4.79 Å². The monoisotopic (exact) mass is 274 g/mol. The van der Waals surface area contributed by atoms with E-state index in [-0.39, 0.29) is 23.4 Å². The van der Waals surface area contributed by atoms with Crippen molar-refractivity contribution in [2.45, 2.75) is 52.1 Å². The minimum Gasteiger partial charge on any atom is -0.336 e. The fraction of sp³-hybridized carbons (Fsp3) is 0.588. The SMILES string of the molecule is CC(C)(C)C(N)CC(=O)N1CCCC1c1ccccc1. The second-order valence-corrected chi connectivity index (χ2v) is 6.83. The molecule has 1 amide bonds. The third-order valence-corrected chi connectivity index (χ3v) is 4.26. The molecule has 3 heteroatoms. The van der Waals surface area contributed by atoms with Crippen LogP contribution in [0.5, 0.6) is 0 Å². The number of hydrogen-bond donors (Lipinski definition) is 1. The molecule has 1 aromatic rings. The third kappa shape index (κ3) is 3.40. The maximum atomic E-state index is 12.5. The molecule has 1 saturated heterocycles. The molecule has 0 aliphatic carbocycles. The Kier molecular flexibility index (Phi) is 4.48. The second-order valence-electron chi connectivity index (χ2n) is 6.83. The lowest BCUT2D eigenvalue weighted by Crippen LogP contribution is -2.41. The third-order valence-electron chi connectivity index (χ3n) is 4.26. The highest BCUT2D eigenvalue weighted by atomic mass is 16.2. The summed E-state index contributed by atoms with van der Waals surface area (Å²) in [7, 11) is 0. The summed E-state index contributed by atoms with van der Waals surface area (Å²) in [4.78, 5) is 14.5. The molecule has 2 rings (SSSR count). The first-order valence-corrected chi connectivity index (χ1v) is 7.49. The van der Waals surface area contributed by atoms with E-state index < -0.39 is 0 Å². The molecule has 0 radical (unpaired) electrons. The van der Waals surface area contributed by atoms with Gasteiger partial charge in [0.15, 0.2) is 0 Å². The van der Waals surface area contributed by atoms with Crippen molar-refractivity contribution in [1.82, 2.24) is 4.90 Å². The van der Waals surface area contributed by atoms with Crippen molar-refractivity contribution in [2.24, 2.45) is 11.1 Å². The van der Waals surface area contributed by atoms with Crippen molar-refractivity contribution in [2.75, 3.05) is 6.54 Å². The first kappa shape index (κ1) is 15.0. The predicted octanol–water partition coefficient (Wildman–Crippen LogP) is 3.11. The number of likely N-dealkylation sites (tertiary alicyclic amines) is 1. The van der Waals surface area contributed by atoms with Gasteiger partial charge in [-0.2, -0.15) is 0 Å². The lowest BCUT2D eigenvalue weighted by Gasteiger charge is -2.30. The van der Waals surface area contributed by atoms with Crippen molar-refractivity contribution in [3.63, 3.8) is 0 Å². The maximum Gasteiger partial charge on any atom is 0.224 e. The standard InChI is InChI=1S/C17H26N2O/c1-17(2,3)15(18)12-16(20)19-11-7-10-14(19)13-8-5-4-6-9-13/h4-6,8-9,14-15H,7,10-12,18H2,1-3H3. The van der Waals surface area contributed by atoms with Crippen LogP contribution in [0.4, 0.5) is 0 Å². The molecule has 3 nitrogen and oxygen atoms in total. The average molecular weight is 274 g/mol. The van der Waals surface area contributed by atoms with Gasteiger partial charge in [0, 0.05) is 19.0 Å². The van der Waals surface area contributed by atoms with Gasteiger partial charge in [-0.25, -0.2) is 0 Å². The van der Waals surface area contributed by atoms with Gasteiger partial charge in [-0.3, -0.25) is 4.79 Å². The van der Waals surface area contributed by atoms with E-state index in [1.54, 1.807) is 0 Å². The van der Waals surface area contributed by atoms with Crippen molar-refractivity contribution in [1.29, 1.82) is 0 Å². The second kappa shape index (κ2) is 5.96. The van der Waals surface area contributed by atoms with E-state index in [1.807, 2.05) is 23.1 Å². The predicted molar refractivity (Wildman–Crippen MR) is 82.2 cm³/mol. The van der Waals surface area contributed by atoms with Crippen LogP contribution >= 0.6 is 0 Å². The van der Waals surface area contributed by atoms with Crippen LogP contribution in [0.1, 0.15) is 51.6 Å². The lowest BCUT2D eigenvalue weighted by atomic mass is 9.85. The van der Waals surface area contributed by atoms with Crippen LogP contribution in [0, 0.1) is 5.41 Å². The molecule has 0 aromatic heterocycles. The van der Waals surface area contributed by atoms with Gasteiger partial charge in [0.2, 0.25) is 5.91 Å². The molecule has 0 spiro atoms.